The minimum atomic E-state index is -0.740. The predicted molar refractivity (Wildman–Crippen MR) is 62.7 cm³/mol. The van der Waals surface area contributed by atoms with E-state index in [2.05, 4.69) is 0 Å². The smallest absolute Gasteiger partial charge is 0.281 e. The van der Waals surface area contributed by atoms with Crippen molar-refractivity contribution >= 4 is 40.5 Å². The third-order valence-electron chi connectivity index (χ3n) is 1.96. The van der Waals surface area contributed by atoms with Crippen LogP contribution in [0.15, 0.2) is 12.1 Å². The Morgan fingerprint density at radius 3 is 2.41 bits per heavy atom. The molecule has 90 valence electrons. The summed E-state index contributed by atoms with van der Waals surface area (Å²) in [5.41, 5.74) is -0.773. The van der Waals surface area contributed by atoms with E-state index in [1.54, 1.807) is 0 Å². The molecule has 0 aliphatic heterocycles. The number of halogens is 2. The van der Waals surface area contributed by atoms with Crippen LogP contribution < -0.4 is 0 Å². The van der Waals surface area contributed by atoms with Crippen molar-refractivity contribution in [3.8, 4) is 0 Å². The second-order valence-electron chi connectivity index (χ2n) is 3.31. The highest BCUT2D eigenvalue weighted by atomic mass is 35.5. The van der Waals surface area contributed by atoms with E-state index in [1.807, 2.05) is 0 Å². The maximum Gasteiger partial charge on any atom is 0.281 e. The third-order valence-corrected chi connectivity index (χ3v) is 2.76. The number of carbonyl (C=O) groups is 2. The average Bonchev–Trinajstić information content (AvgIpc) is 2.20. The number of carbonyl (C=O) groups excluding carboxylic acids is 2. The lowest BCUT2D eigenvalue weighted by molar-refractivity contribution is -0.385. The second-order valence-corrected chi connectivity index (χ2v) is 4.10. The van der Waals surface area contributed by atoms with Crippen molar-refractivity contribution in [3.63, 3.8) is 0 Å². The molecule has 17 heavy (non-hydrogen) atoms. The van der Waals surface area contributed by atoms with Crippen molar-refractivity contribution < 1.29 is 14.5 Å². The summed E-state index contributed by atoms with van der Waals surface area (Å²) in [4.78, 5) is 32.5. The van der Waals surface area contributed by atoms with Gasteiger partial charge in [-0.3, -0.25) is 19.7 Å². The van der Waals surface area contributed by atoms with E-state index in [4.69, 9.17) is 23.2 Å². The summed E-state index contributed by atoms with van der Waals surface area (Å²) in [6.45, 7) is 1.21. The Morgan fingerprint density at radius 1 is 1.35 bits per heavy atom. The Morgan fingerprint density at radius 2 is 1.94 bits per heavy atom. The van der Waals surface area contributed by atoms with Crippen LogP contribution in [-0.2, 0) is 4.79 Å². The highest BCUT2D eigenvalue weighted by Crippen LogP contribution is 2.33. The van der Waals surface area contributed by atoms with Crippen LogP contribution in [0.5, 0.6) is 0 Å². The summed E-state index contributed by atoms with van der Waals surface area (Å²) in [6, 6.07) is 2.31. The van der Waals surface area contributed by atoms with Crippen molar-refractivity contribution in [2.24, 2.45) is 0 Å². The molecule has 0 radical (unpaired) electrons. The van der Waals surface area contributed by atoms with Gasteiger partial charge in [0.15, 0.2) is 5.78 Å². The minimum absolute atomic E-state index is 0.0316. The van der Waals surface area contributed by atoms with Gasteiger partial charge in [-0.1, -0.05) is 23.2 Å². The number of Topliss-reactive ketones (excluding diaryl/α,β-unsaturated/α-hetero) is 2. The standard InChI is InChI=1S/C10H7Cl2NO4/c1-5(14)4-8(15)9-7(13(16)17)3-2-6(11)10(9)12/h2-3H,4H2,1H3. The van der Waals surface area contributed by atoms with Gasteiger partial charge in [0.2, 0.25) is 0 Å². The van der Waals surface area contributed by atoms with E-state index < -0.39 is 28.6 Å². The summed E-state index contributed by atoms with van der Waals surface area (Å²) in [7, 11) is 0. The van der Waals surface area contributed by atoms with Crippen LogP contribution in [0, 0.1) is 10.1 Å². The minimum Gasteiger partial charge on any atom is -0.300 e. The number of nitro groups is 1. The van der Waals surface area contributed by atoms with E-state index in [9.17, 15) is 19.7 Å². The van der Waals surface area contributed by atoms with E-state index in [0.29, 0.717) is 0 Å². The van der Waals surface area contributed by atoms with Gasteiger partial charge in [0, 0.05) is 6.07 Å². The van der Waals surface area contributed by atoms with Crippen molar-refractivity contribution in [2.75, 3.05) is 0 Å². The zero-order valence-corrected chi connectivity index (χ0v) is 10.2. The molecule has 0 heterocycles. The highest BCUT2D eigenvalue weighted by Gasteiger charge is 2.25. The number of hydrogen-bond acceptors (Lipinski definition) is 4. The summed E-state index contributed by atoms with van der Waals surface area (Å²) < 4.78 is 0. The van der Waals surface area contributed by atoms with Gasteiger partial charge in [0.1, 0.15) is 11.3 Å². The SMILES string of the molecule is CC(=O)CC(=O)c1c([N+](=O)[O-])ccc(Cl)c1Cl. The second kappa shape index (κ2) is 5.25. The molecule has 0 saturated heterocycles. The van der Waals surface area contributed by atoms with Crippen LogP contribution in [0.1, 0.15) is 23.7 Å². The fourth-order valence-corrected chi connectivity index (χ4v) is 1.70. The van der Waals surface area contributed by atoms with E-state index in [-0.39, 0.29) is 15.6 Å². The summed E-state index contributed by atoms with van der Waals surface area (Å²) in [6.07, 6.45) is -0.444. The van der Waals surface area contributed by atoms with Crippen LogP contribution in [0.4, 0.5) is 5.69 Å². The molecule has 1 aromatic carbocycles. The Balaban J connectivity index is 3.37. The molecule has 0 saturated carbocycles. The van der Waals surface area contributed by atoms with Crippen molar-refractivity contribution in [1.82, 2.24) is 0 Å². The van der Waals surface area contributed by atoms with Gasteiger partial charge in [-0.15, -0.1) is 0 Å². The van der Waals surface area contributed by atoms with Gasteiger partial charge in [-0.2, -0.15) is 0 Å². The fourth-order valence-electron chi connectivity index (χ4n) is 1.27. The number of hydrogen-bond donors (Lipinski definition) is 0. The molecule has 0 aliphatic rings. The van der Waals surface area contributed by atoms with Gasteiger partial charge >= 0.3 is 0 Å². The molecule has 0 spiro atoms. The predicted octanol–water partition coefficient (Wildman–Crippen LogP) is 3.06. The largest absolute Gasteiger partial charge is 0.300 e. The Hall–Kier alpha value is -1.46. The first-order chi connectivity index (χ1) is 7.84. The van der Waals surface area contributed by atoms with E-state index in [1.165, 1.54) is 13.0 Å². The van der Waals surface area contributed by atoms with Gasteiger partial charge < -0.3 is 0 Å². The number of nitro benzene ring substituents is 1. The molecule has 5 nitrogen and oxygen atoms in total. The summed E-state index contributed by atoms with van der Waals surface area (Å²) >= 11 is 11.4. The maximum absolute atomic E-state index is 11.7. The molecule has 0 bridgehead atoms. The lowest BCUT2D eigenvalue weighted by Crippen LogP contribution is -2.09. The number of nitrogens with zero attached hydrogens (tertiary/aromatic N) is 1. The van der Waals surface area contributed by atoms with E-state index in [0.717, 1.165) is 6.07 Å². The summed E-state index contributed by atoms with van der Waals surface area (Å²) in [5.74, 6) is -1.11. The number of benzene rings is 1. The monoisotopic (exact) mass is 275 g/mol. The molecule has 0 N–H and O–H groups in total. The quantitative estimate of drug-likeness (QED) is 0.366. The first-order valence-electron chi connectivity index (χ1n) is 4.49. The molecule has 7 heteroatoms. The topological polar surface area (TPSA) is 77.3 Å². The molecule has 0 aliphatic carbocycles. The average molecular weight is 276 g/mol. The molecule has 0 unspecified atom stereocenters. The van der Waals surface area contributed by atoms with Crippen molar-refractivity contribution in [3.05, 3.63) is 37.9 Å². The lowest BCUT2D eigenvalue weighted by atomic mass is 10.0. The molecule has 1 rings (SSSR count). The molecule has 0 aromatic heterocycles. The summed E-state index contributed by atoms with van der Waals surface area (Å²) in [5, 5.41) is 10.6. The highest BCUT2D eigenvalue weighted by molar-refractivity contribution is 6.44. The molecular formula is C10H7Cl2NO4. The maximum atomic E-state index is 11.7. The molecule has 0 atom stereocenters. The van der Waals surface area contributed by atoms with Gasteiger partial charge in [-0.05, 0) is 13.0 Å². The van der Waals surface area contributed by atoms with Crippen LogP contribution in [0.3, 0.4) is 0 Å². The zero-order chi connectivity index (χ0) is 13.2. The normalized spacial score (nSPS) is 10.1. The number of rotatable bonds is 4. The molecule has 0 amide bonds. The molecule has 0 fully saturated rings. The molecular weight excluding hydrogens is 269 g/mol. The van der Waals surface area contributed by atoms with Gasteiger partial charge in [0.25, 0.3) is 5.69 Å². The Bertz CT molecular complexity index is 513. The first kappa shape index (κ1) is 13.6. The molecule has 1 aromatic rings. The van der Waals surface area contributed by atoms with Crippen LogP contribution in [-0.4, -0.2) is 16.5 Å². The third kappa shape index (κ3) is 3.01. The van der Waals surface area contributed by atoms with Crippen molar-refractivity contribution in [2.45, 2.75) is 13.3 Å². The van der Waals surface area contributed by atoms with Gasteiger partial charge in [-0.25, -0.2) is 0 Å². The Labute approximate surface area is 106 Å². The first-order valence-corrected chi connectivity index (χ1v) is 5.25. The van der Waals surface area contributed by atoms with Crippen molar-refractivity contribution in [1.29, 1.82) is 0 Å². The Kier molecular flexibility index (Phi) is 4.20. The van der Waals surface area contributed by atoms with Crippen LogP contribution >= 0.6 is 23.2 Å². The van der Waals surface area contributed by atoms with Gasteiger partial charge in [0.05, 0.1) is 21.4 Å². The van der Waals surface area contributed by atoms with Crippen LogP contribution in [0.2, 0.25) is 10.0 Å². The van der Waals surface area contributed by atoms with Crippen LogP contribution in [0.25, 0.3) is 0 Å². The lowest BCUT2D eigenvalue weighted by Gasteiger charge is -2.04. The fraction of sp³-hybridized carbons (Fsp3) is 0.200. The van der Waals surface area contributed by atoms with E-state index >= 15 is 0 Å². The zero-order valence-electron chi connectivity index (χ0n) is 8.70. The number of ketones is 2.